The molecule has 76 valence electrons. The Bertz CT molecular complexity index is 342. The molecule has 0 bridgehead atoms. The Morgan fingerprint density at radius 2 is 2.14 bits per heavy atom. The van der Waals surface area contributed by atoms with Crippen LogP contribution in [0.3, 0.4) is 0 Å². The third-order valence-electron chi connectivity index (χ3n) is 1.58. The van der Waals surface area contributed by atoms with Crippen LogP contribution in [0.5, 0.6) is 0 Å². The highest BCUT2D eigenvalue weighted by Crippen LogP contribution is 2.25. The molecule has 1 aromatic rings. The number of nitrogens with one attached hydrogen (secondary N) is 1. The molecule has 2 N–H and O–H groups in total. The van der Waals surface area contributed by atoms with Crippen LogP contribution in [0.4, 0.5) is 5.69 Å². The van der Waals surface area contributed by atoms with Crippen LogP contribution in [-0.2, 0) is 4.79 Å². The Balaban J connectivity index is 2.57. The van der Waals surface area contributed by atoms with Gasteiger partial charge in [0, 0.05) is 11.6 Å². The molecule has 3 nitrogen and oxygen atoms in total. The maximum atomic E-state index is 10.2. The molecule has 0 aliphatic carbocycles. The second kappa shape index (κ2) is 5.08. The standard InChI is InChI=1S/C9H9Cl2NO2/c10-6-1-2-7(11)8(5-6)12-4-3-9(13)14/h1-2,5,12H,3-4H2,(H,13,14). The average molecular weight is 234 g/mol. The summed E-state index contributed by atoms with van der Waals surface area (Å²) in [5.74, 6) is -0.851. The van der Waals surface area contributed by atoms with Gasteiger partial charge >= 0.3 is 5.97 Å². The van der Waals surface area contributed by atoms with Crippen molar-refractivity contribution in [1.29, 1.82) is 0 Å². The maximum Gasteiger partial charge on any atom is 0.305 e. The lowest BCUT2D eigenvalue weighted by Gasteiger charge is -2.06. The van der Waals surface area contributed by atoms with E-state index in [2.05, 4.69) is 5.32 Å². The number of halogens is 2. The molecule has 0 aliphatic heterocycles. The summed E-state index contributed by atoms with van der Waals surface area (Å²) in [6, 6.07) is 4.99. The number of carboxylic acids is 1. The van der Waals surface area contributed by atoms with Gasteiger partial charge in [0.15, 0.2) is 0 Å². The summed E-state index contributed by atoms with van der Waals surface area (Å²) >= 11 is 11.6. The van der Waals surface area contributed by atoms with Gasteiger partial charge in [-0.1, -0.05) is 23.2 Å². The normalized spacial score (nSPS) is 9.86. The topological polar surface area (TPSA) is 49.3 Å². The average Bonchev–Trinajstić information content (AvgIpc) is 2.10. The minimum Gasteiger partial charge on any atom is -0.481 e. The van der Waals surface area contributed by atoms with Gasteiger partial charge in [-0.2, -0.15) is 0 Å². The summed E-state index contributed by atoms with van der Waals surface area (Å²) in [7, 11) is 0. The van der Waals surface area contributed by atoms with E-state index in [0.29, 0.717) is 22.3 Å². The molecule has 0 spiro atoms. The number of hydrogen-bond acceptors (Lipinski definition) is 2. The van der Waals surface area contributed by atoms with Gasteiger partial charge < -0.3 is 10.4 Å². The molecule has 5 heteroatoms. The number of carbonyl (C=O) groups is 1. The highest BCUT2D eigenvalue weighted by molar-refractivity contribution is 6.35. The summed E-state index contributed by atoms with van der Waals surface area (Å²) in [5.41, 5.74) is 0.653. The van der Waals surface area contributed by atoms with Crippen LogP contribution in [0.1, 0.15) is 6.42 Å². The molecule has 0 saturated carbocycles. The molecule has 0 radical (unpaired) electrons. The fourth-order valence-corrected chi connectivity index (χ4v) is 1.29. The zero-order valence-electron chi connectivity index (χ0n) is 7.26. The Morgan fingerprint density at radius 3 is 2.79 bits per heavy atom. The Morgan fingerprint density at radius 1 is 1.43 bits per heavy atom. The van der Waals surface area contributed by atoms with Gasteiger partial charge in [-0.15, -0.1) is 0 Å². The lowest BCUT2D eigenvalue weighted by molar-refractivity contribution is -0.136. The second-order valence-corrected chi connectivity index (χ2v) is 3.54. The van der Waals surface area contributed by atoms with Gasteiger partial charge in [-0.3, -0.25) is 4.79 Å². The van der Waals surface area contributed by atoms with Crippen LogP contribution in [0.25, 0.3) is 0 Å². The van der Waals surface area contributed by atoms with Gasteiger partial charge in [0.05, 0.1) is 17.1 Å². The number of aliphatic carboxylic acids is 1. The van der Waals surface area contributed by atoms with Crippen LogP contribution in [0.15, 0.2) is 18.2 Å². The third-order valence-corrected chi connectivity index (χ3v) is 2.15. The van der Waals surface area contributed by atoms with Crippen molar-refractivity contribution >= 4 is 34.9 Å². The van der Waals surface area contributed by atoms with Gasteiger partial charge in [-0.05, 0) is 18.2 Å². The fourth-order valence-electron chi connectivity index (χ4n) is 0.937. The Kier molecular flexibility index (Phi) is 4.04. The zero-order valence-corrected chi connectivity index (χ0v) is 8.77. The van der Waals surface area contributed by atoms with Crippen LogP contribution in [0.2, 0.25) is 10.0 Å². The van der Waals surface area contributed by atoms with Crippen molar-refractivity contribution in [3.05, 3.63) is 28.2 Å². The van der Waals surface area contributed by atoms with E-state index < -0.39 is 5.97 Å². The van der Waals surface area contributed by atoms with Gasteiger partial charge in [0.2, 0.25) is 0 Å². The maximum absolute atomic E-state index is 10.2. The van der Waals surface area contributed by atoms with Crippen molar-refractivity contribution in [2.45, 2.75) is 6.42 Å². The van der Waals surface area contributed by atoms with E-state index in [0.717, 1.165) is 0 Å². The monoisotopic (exact) mass is 233 g/mol. The second-order valence-electron chi connectivity index (χ2n) is 2.69. The van der Waals surface area contributed by atoms with Gasteiger partial charge in [0.25, 0.3) is 0 Å². The lowest BCUT2D eigenvalue weighted by atomic mass is 10.3. The van der Waals surface area contributed by atoms with Crippen molar-refractivity contribution in [3.8, 4) is 0 Å². The van der Waals surface area contributed by atoms with Crippen molar-refractivity contribution in [2.24, 2.45) is 0 Å². The minimum absolute atomic E-state index is 0.0445. The first-order chi connectivity index (χ1) is 6.59. The molecule has 14 heavy (non-hydrogen) atoms. The molecule has 0 aliphatic rings. The number of hydrogen-bond donors (Lipinski definition) is 2. The van der Waals surface area contributed by atoms with Crippen LogP contribution in [0, 0.1) is 0 Å². The van der Waals surface area contributed by atoms with E-state index >= 15 is 0 Å². The van der Waals surface area contributed by atoms with Crippen molar-refractivity contribution in [1.82, 2.24) is 0 Å². The van der Waals surface area contributed by atoms with E-state index in [1.165, 1.54) is 0 Å². The lowest BCUT2D eigenvalue weighted by Crippen LogP contribution is -2.07. The first kappa shape index (κ1) is 11.1. The molecular formula is C9H9Cl2NO2. The predicted octanol–water partition coefficient (Wildman–Crippen LogP) is 2.88. The van der Waals surface area contributed by atoms with Crippen LogP contribution < -0.4 is 5.32 Å². The highest BCUT2D eigenvalue weighted by Gasteiger charge is 2.01. The molecule has 0 heterocycles. The van der Waals surface area contributed by atoms with Crippen molar-refractivity contribution < 1.29 is 9.90 Å². The quantitative estimate of drug-likeness (QED) is 0.841. The molecule has 0 unspecified atom stereocenters. The molecule has 0 atom stereocenters. The molecule has 0 amide bonds. The highest BCUT2D eigenvalue weighted by atomic mass is 35.5. The molecule has 1 aromatic carbocycles. The summed E-state index contributed by atoms with van der Waals surface area (Å²) < 4.78 is 0. The van der Waals surface area contributed by atoms with E-state index in [4.69, 9.17) is 28.3 Å². The fraction of sp³-hybridized carbons (Fsp3) is 0.222. The van der Waals surface area contributed by atoms with E-state index in [9.17, 15) is 4.79 Å². The van der Waals surface area contributed by atoms with Crippen LogP contribution >= 0.6 is 23.2 Å². The molecular weight excluding hydrogens is 225 g/mol. The van der Waals surface area contributed by atoms with Crippen molar-refractivity contribution in [3.63, 3.8) is 0 Å². The van der Waals surface area contributed by atoms with E-state index in [1.807, 2.05) is 0 Å². The summed E-state index contributed by atoms with van der Waals surface area (Å²) in [4.78, 5) is 10.2. The molecule has 0 aromatic heterocycles. The number of benzene rings is 1. The summed E-state index contributed by atoms with van der Waals surface area (Å²) in [5, 5.41) is 12.4. The molecule has 0 saturated heterocycles. The zero-order chi connectivity index (χ0) is 10.6. The SMILES string of the molecule is O=C(O)CCNc1cc(Cl)ccc1Cl. The number of rotatable bonds is 4. The Labute approximate surface area is 91.6 Å². The molecule has 1 rings (SSSR count). The Hall–Kier alpha value is -0.930. The van der Waals surface area contributed by atoms with Gasteiger partial charge in [-0.25, -0.2) is 0 Å². The minimum atomic E-state index is -0.851. The van der Waals surface area contributed by atoms with Crippen molar-refractivity contribution in [2.75, 3.05) is 11.9 Å². The number of carboxylic acid groups (broad SMARTS) is 1. The van der Waals surface area contributed by atoms with Gasteiger partial charge in [0.1, 0.15) is 0 Å². The largest absolute Gasteiger partial charge is 0.481 e. The number of anilines is 1. The first-order valence-corrected chi connectivity index (χ1v) is 4.76. The van der Waals surface area contributed by atoms with E-state index in [-0.39, 0.29) is 6.42 Å². The first-order valence-electron chi connectivity index (χ1n) is 4.00. The summed E-state index contributed by atoms with van der Waals surface area (Å²) in [6.45, 7) is 0.329. The predicted molar refractivity (Wildman–Crippen MR) is 57.2 cm³/mol. The smallest absolute Gasteiger partial charge is 0.305 e. The molecule has 0 fully saturated rings. The summed E-state index contributed by atoms with van der Waals surface area (Å²) in [6.07, 6.45) is 0.0445. The third kappa shape index (κ3) is 3.44. The van der Waals surface area contributed by atoms with Crippen LogP contribution in [-0.4, -0.2) is 17.6 Å². The van der Waals surface area contributed by atoms with E-state index in [1.54, 1.807) is 18.2 Å².